The lowest BCUT2D eigenvalue weighted by molar-refractivity contribution is -0.384. The standard InChI is InChI=1S/C17H23N5O3/c1-13-11-20(12-14(2)19-13)16-5-4-15(22(23)24)10-17(16)25-9-8-21-7-3-6-18-21/h3-7,10,13-14,19H,8-9,11-12H2,1-2H3. The molecule has 8 nitrogen and oxygen atoms in total. The summed E-state index contributed by atoms with van der Waals surface area (Å²) in [5.41, 5.74) is 0.931. The predicted octanol–water partition coefficient (Wildman–Crippen LogP) is 2.06. The summed E-state index contributed by atoms with van der Waals surface area (Å²) in [5, 5.41) is 18.7. The molecule has 1 aliphatic rings. The van der Waals surface area contributed by atoms with E-state index in [1.807, 2.05) is 12.3 Å². The first-order valence-electron chi connectivity index (χ1n) is 8.42. The van der Waals surface area contributed by atoms with Crippen LogP contribution in [0.3, 0.4) is 0 Å². The molecule has 0 bridgehead atoms. The monoisotopic (exact) mass is 345 g/mol. The molecule has 2 aromatic rings. The van der Waals surface area contributed by atoms with E-state index in [9.17, 15) is 10.1 Å². The second-order valence-corrected chi connectivity index (χ2v) is 6.40. The first-order chi connectivity index (χ1) is 12.0. The molecule has 0 saturated carbocycles. The van der Waals surface area contributed by atoms with Gasteiger partial charge in [0.15, 0.2) is 0 Å². The molecule has 8 heteroatoms. The van der Waals surface area contributed by atoms with Crippen molar-refractivity contribution in [1.82, 2.24) is 15.1 Å². The zero-order chi connectivity index (χ0) is 17.8. The molecule has 1 saturated heterocycles. The fraction of sp³-hybridized carbons (Fsp3) is 0.471. The van der Waals surface area contributed by atoms with Gasteiger partial charge in [0.1, 0.15) is 12.4 Å². The third-order valence-corrected chi connectivity index (χ3v) is 4.19. The van der Waals surface area contributed by atoms with Crippen LogP contribution in [0, 0.1) is 10.1 Å². The largest absolute Gasteiger partial charge is 0.489 e. The molecule has 134 valence electrons. The third kappa shape index (κ3) is 4.27. The number of nitrogens with zero attached hydrogens (tertiary/aromatic N) is 4. The molecule has 1 aliphatic heterocycles. The van der Waals surface area contributed by atoms with Crippen molar-refractivity contribution in [3.05, 3.63) is 46.8 Å². The van der Waals surface area contributed by atoms with E-state index in [1.54, 1.807) is 16.9 Å². The maximum Gasteiger partial charge on any atom is 0.273 e. The number of hydrogen-bond donors (Lipinski definition) is 1. The minimum absolute atomic E-state index is 0.0362. The number of hydrogen-bond acceptors (Lipinski definition) is 6. The van der Waals surface area contributed by atoms with Crippen LogP contribution < -0.4 is 15.0 Å². The average Bonchev–Trinajstić information content (AvgIpc) is 3.07. The second kappa shape index (κ2) is 7.52. The Bertz CT molecular complexity index is 709. The van der Waals surface area contributed by atoms with E-state index in [-0.39, 0.29) is 5.69 Å². The summed E-state index contributed by atoms with van der Waals surface area (Å²) in [6.45, 7) is 6.91. The second-order valence-electron chi connectivity index (χ2n) is 6.40. The van der Waals surface area contributed by atoms with Crippen LogP contribution in [0.5, 0.6) is 5.75 Å². The Kier molecular flexibility index (Phi) is 5.18. The molecule has 0 amide bonds. The van der Waals surface area contributed by atoms with E-state index in [1.165, 1.54) is 12.1 Å². The molecule has 2 atom stereocenters. The summed E-state index contributed by atoms with van der Waals surface area (Å²) in [5.74, 6) is 0.544. The van der Waals surface area contributed by atoms with E-state index < -0.39 is 4.92 Å². The maximum atomic E-state index is 11.1. The van der Waals surface area contributed by atoms with Gasteiger partial charge in [0.2, 0.25) is 0 Å². The van der Waals surface area contributed by atoms with E-state index in [0.717, 1.165) is 18.8 Å². The summed E-state index contributed by atoms with van der Waals surface area (Å²) in [4.78, 5) is 12.9. The number of piperazine rings is 1. The first-order valence-corrected chi connectivity index (χ1v) is 8.42. The number of non-ortho nitro benzene ring substituents is 1. The van der Waals surface area contributed by atoms with Crippen molar-refractivity contribution >= 4 is 11.4 Å². The third-order valence-electron chi connectivity index (χ3n) is 4.19. The van der Waals surface area contributed by atoms with Crippen LogP contribution in [0.4, 0.5) is 11.4 Å². The lowest BCUT2D eigenvalue weighted by Crippen LogP contribution is -2.54. The maximum absolute atomic E-state index is 11.1. The van der Waals surface area contributed by atoms with Crippen LogP contribution in [0.25, 0.3) is 0 Å². The highest BCUT2D eigenvalue weighted by Crippen LogP contribution is 2.33. The van der Waals surface area contributed by atoms with Crippen molar-refractivity contribution in [2.45, 2.75) is 32.5 Å². The molecule has 25 heavy (non-hydrogen) atoms. The molecule has 1 fully saturated rings. The number of ether oxygens (including phenoxy) is 1. The van der Waals surface area contributed by atoms with Crippen molar-refractivity contribution in [2.24, 2.45) is 0 Å². The molecule has 0 radical (unpaired) electrons. The summed E-state index contributed by atoms with van der Waals surface area (Å²) in [7, 11) is 0. The van der Waals surface area contributed by atoms with Gasteiger partial charge in [-0.05, 0) is 26.0 Å². The van der Waals surface area contributed by atoms with Crippen molar-refractivity contribution < 1.29 is 9.66 Å². The summed E-state index contributed by atoms with van der Waals surface area (Å²) < 4.78 is 7.67. The lowest BCUT2D eigenvalue weighted by atomic mass is 10.1. The van der Waals surface area contributed by atoms with Crippen molar-refractivity contribution in [2.75, 3.05) is 24.6 Å². The van der Waals surface area contributed by atoms with Crippen LogP contribution in [0.15, 0.2) is 36.7 Å². The van der Waals surface area contributed by atoms with Crippen LogP contribution >= 0.6 is 0 Å². The Morgan fingerprint density at radius 2 is 2.12 bits per heavy atom. The van der Waals surface area contributed by atoms with Gasteiger partial charge in [-0.1, -0.05) is 0 Å². The lowest BCUT2D eigenvalue weighted by Gasteiger charge is -2.38. The normalized spacial score (nSPS) is 20.5. The van der Waals surface area contributed by atoms with Crippen LogP contribution in [0.2, 0.25) is 0 Å². The van der Waals surface area contributed by atoms with Gasteiger partial charge < -0.3 is 15.0 Å². The SMILES string of the molecule is CC1CN(c2ccc([N+](=O)[O-])cc2OCCn2cccn2)CC(C)N1. The van der Waals surface area contributed by atoms with Crippen molar-refractivity contribution in [3.63, 3.8) is 0 Å². The average molecular weight is 345 g/mol. The smallest absolute Gasteiger partial charge is 0.273 e. The van der Waals surface area contributed by atoms with E-state index >= 15 is 0 Å². The Morgan fingerprint density at radius 1 is 1.36 bits per heavy atom. The van der Waals surface area contributed by atoms with Gasteiger partial charge in [0, 0.05) is 43.6 Å². The van der Waals surface area contributed by atoms with Crippen LogP contribution in [-0.2, 0) is 6.54 Å². The molecule has 0 spiro atoms. The molecule has 1 aromatic heterocycles. The van der Waals surface area contributed by atoms with Gasteiger partial charge in [-0.15, -0.1) is 0 Å². The van der Waals surface area contributed by atoms with Gasteiger partial charge in [-0.25, -0.2) is 0 Å². The molecule has 1 N–H and O–H groups in total. The number of aromatic nitrogens is 2. The van der Waals surface area contributed by atoms with Crippen molar-refractivity contribution in [3.8, 4) is 5.75 Å². The Hall–Kier alpha value is -2.61. The molecule has 2 heterocycles. The van der Waals surface area contributed by atoms with E-state index in [2.05, 4.69) is 29.2 Å². The number of nitro benzene ring substituents is 1. The van der Waals surface area contributed by atoms with Gasteiger partial charge in [-0.3, -0.25) is 14.8 Å². The molecule has 2 unspecified atom stereocenters. The zero-order valence-electron chi connectivity index (χ0n) is 14.5. The van der Waals surface area contributed by atoms with Crippen LogP contribution in [-0.4, -0.2) is 46.5 Å². The summed E-state index contributed by atoms with van der Waals surface area (Å²) in [6, 6.07) is 7.36. The van der Waals surface area contributed by atoms with E-state index in [4.69, 9.17) is 4.74 Å². The van der Waals surface area contributed by atoms with Crippen molar-refractivity contribution in [1.29, 1.82) is 0 Å². The fourth-order valence-corrected chi connectivity index (χ4v) is 3.20. The first kappa shape index (κ1) is 17.2. The number of benzene rings is 1. The van der Waals surface area contributed by atoms with Gasteiger partial charge in [0.25, 0.3) is 5.69 Å². The predicted molar refractivity (Wildman–Crippen MR) is 95.1 cm³/mol. The van der Waals surface area contributed by atoms with Gasteiger partial charge in [0.05, 0.1) is 23.2 Å². The van der Waals surface area contributed by atoms with Gasteiger partial charge in [-0.2, -0.15) is 5.10 Å². The molecule has 3 rings (SSSR count). The zero-order valence-corrected chi connectivity index (χ0v) is 14.5. The quantitative estimate of drug-likeness (QED) is 0.637. The highest BCUT2D eigenvalue weighted by Gasteiger charge is 2.24. The number of anilines is 1. The molecule has 0 aliphatic carbocycles. The minimum Gasteiger partial charge on any atom is -0.489 e. The number of rotatable bonds is 6. The minimum atomic E-state index is -0.396. The van der Waals surface area contributed by atoms with Crippen LogP contribution in [0.1, 0.15) is 13.8 Å². The highest BCUT2D eigenvalue weighted by molar-refractivity contribution is 5.63. The fourth-order valence-electron chi connectivity index (χ4n) is 3.20. The Balaban J connectivity index is 1.79. The number of nitrogens with one attached hydrogen (secondary N) is 1. The number of nitro groups is 1. The summed E-state index contributed by atoms with van der Waals surface area (Å²) in [6.07, 6.45) is 3.57. The molecular formula is C17H23N5O3. The Morgan fingerprint density at radius 3 is 2.76 bits per heavy atom. The summed E-state index contributed by atoms with van der Waals surface area (Å²) >= 11 is 0. The topological polar surface area (TPSA) is 85.5 Å². The molecular weight excluding hydrogens is 322 g/mol. The van der Waals surface area contributed by atoms with E-state index in [0.29, 0.717) is 31.0 Å². The molecule has 1 aromatic carbocycles. The highest BCUT2D eigenvalue weighted by atomic mass is 16.6. The Labute approximate surface area is 146 Å². The van der Waals surface area contributed by atoms with Gasteiger partial charge >= 0.3 is 0 Å².